The van der Waals surface area contributed by atoms with Crippen molar-refractivity contribution in [1.29, 1.82) is 0 Å². The van der Waals surface area contributed by atoms with Crippen LogP contribution >= 0.6 is 0 Å². The van der Waals surface area contributed by atoms with Crippen LogP contribution in [0.15, 0.2) is 53.1 Å². The molecule has 1 aromatic heterocycles. The second-order valence-corrected chi connectivity index (χ2v) is 7.90. The second-order valence-electron chi connectivity index (χ2n) is 7.90. The summed E-state index contributed by atoms with van der Waals surface area (Å²) in [5.74, 6) is 1.45. The minimum Gasteiger partial charge on any atom is -0.495 e. The van der Waals surface area contributed by atoms with E-state index in [9.17, 15) is 9.18 Å². The largest absolute Gasteiger partial charge is 0.495 e. The molecule has 3 aromatic rings. The standard InChI is InChI=1S/C24H27FN4O3/c1-31-21-8-3-2-7-20(21)29-15-5-6-19(16-29)26-22(30)9-4-10-23-27-24(28-32-23)17-11-13-18(25)14-12-17/h2-3,7-8,11-14,19H,4-6,9-10,15-16H2,1H3,(H,26,30). The van der Waals surface area contributed by atoms with Gasteiger partial charge >= 0.3 is 0 Å². The van der Waals surface area contributed by atoms with E-state index < -0.39 is 0 Å². The van der Waals surface area contributed by atoms with Crippen molar-refractivity contribution < 1.29 is 18.4 Å². The molecule has 1 amide bonds. The van der Waals surface area contributed by atoms with Gasteiger partial charge in [0.1, 0.15) is 11.6 Å². The van der Waals surface area contributed by atoms with Gasteiger partial charge in [-0.3, -0.25) is 4.79 Å². The van der Waals surface area contributed by atoms with Gasteiger partial charge in [-0.05, 0) is 55.7 Å². The smallest absolute Gasteiger partial charge is 0.226 e. The summed E-state index contributed by atoms with van der Waals surface area (Å²) in [7, 11) is 1.67. The van der Waals surface area contributed by atoms with E-state index in [1.807, 2.05) is 24.3 Å². The predicted molar refractivity (Wildman–Crippen MR) is 119 cm³/mol. The molecule has 32 heavy (non-hydrogen) atoms. The van der Waals surface area contributed by atoms with E-state index >= 15 is 0 Å². The van der Waals surface area contributed by atoms with Crippen LogP contribution in [-0.2, 0) is 11.2 Å². The lowest BCUT2D eigenvalue weighted by Gasteiger charge is -2.35. The highest BCUT2D eigenvalue weighted by Gasteiger charge is 2.23. The average molecular weight is 439 g/mol. The Balaban J connectivity index is 1.24. The number of nitrogens with one attached hydrogen (secondary N) is 1. The zero-order chi connectivity index (χ0) is 22.3. The lowest BCUT2D eigenvalue weighted by molar-refractivity contribution is -0.121. The molecule has 2 aromatic carbocycles. The number of benzene rings is 2. The molecule has 8 heteroatoms. The van der Waals surface area contributed by atoms with E-state index in [2.05, 4.69) is 20.4 Å². The molecule has 1 unspecified atom stereocenters. The van der Waals surface area contributed by atoms with Crippen molar-refractivity contribution >= 4 is 11.6 Å². The first-order valence-electron chi connectivity index (χ1n) is 10.9. The number of methoxy groups -OCH3 is 1. The normalized spacial score (nSPS) is 16.1. The van der Waals surface area contributed by atoms with Crippen molar-refractivity contribution in [1.82, 2.24) is 15.5 Å². The Morgan fingerprint density at radius 2 is 2.06 bits per heavy atom. The lowest BCUT2D eigenvalue weighted by Crippen LogP contribution is -2.47. The summed E-state index contributed by atoms with van der Waals surface area (Å²) in [4.78, 5) is 19.1. The van der Waals surface area contributed by atoms with E-state index in [0.717, 1.165) is 37.4 Å². The van der Waals surface area contributed by atoms with Gasteiger partial charge in [0.25, 0.3) is 0 Å². The maximum atomic E-state index is 13.0. The van der Waals surface area contributed by atoms with Crippen LogP contribution in [0.25, 0.3) is 11.4 Å². The van der Waals surface area contributed by atoms with Crippen molar-refractivity contribution in [2.75, 3.05) is 25.1 Å². The summed E-state index contributed by atoms with van der Waals surface area (Å²) in [6.07, 6.45) is 3.48. The molecule has 1 fully saturated rings. The number of carbonyl (C=O) groups excluding carboxylic acids is 1. The van der Waals surface area contributed by atoms with Gasteiger partial charge in [0.05, 0.1) is 12.8 Å². The number of carbonyl (C=O) groups is 1. The van der Waals surface area contributed by atoms with Gasteiger partial charge in [0.2, 0.25) is 17.6 Å². The first kappa shape index (κ1) is 21.8. The topological polar surface area (TPSA) is 80.5 Å². The van der Waals surface area contributed by atoms with Crippen LogP contribution < -0.4 is 15.0 Å². The van der Waals surface area contributed by atoms with Crippen LogP contribution in [0.2, 0.25) is 0 Å². The third kappa shape index (κ3) is 5.43. The molecule has 0 spiro atoms. The fourth-order valence-corrected chi connectivity index (χ4v) is 3.98. The van der Waals surface area contributed by atoms with Gasteiger partial charge in [0.15, 0.2) is 0 Å². The summed E-state index contributed by atoms with van der Waals surface area (Å²) in [5.41, 5.74) is 1.75. The number of para-hydroxylation sites is 2. The number of hydrogen-bond donors (Lipinski definition) is 1. The molecule has 1 N–H and O–H groups in total. The van der Waals surface area contributed by atoms with E-state index in [1.165, 1.54) is 12.1 Å². The maximum absolute atomic E-state index is 13.0. The summed E-state index contributed by atoms with van der Waals surface area (Å²) < 4.78 is 23.8. The van der Waals surface area contributed by atoms with Crippen molar-refractivity contribution in [3.8, 4) is 17.1 Å². The molecule has 4 rings (SSSR count). The number of piperidine rings is 1. The molecule has 2 heterocycles. The Morgan fingerprint density at radius 3 is 2.88 bits per heavy atom. The second kappa shape index (κ2) is 10.3. The first-order valence-corrected chi connectivity index (χ1v) is 10.9. The molecular weight excluding hydrogens is 411 g/mol. The molecule has 1 aliphatic rings. The zero-order valence-corrected chi connectivity index (χ0v) is 18.1. The van der Waals surface area contributed by atoms with Crippen molar-refractivity contribution in [2.24, 2.45) is 0 Å². The average Bonchev–Trinajstić information content (AvgIpc) is 3.28. The van der Waals surface area contributed by atoms with E-state index in [4.69, 9.17) is 9.26 Å². The summed E-state index contributed by atoms with van der Waals surface area (Å²) in [6.45, 7) is 1.71. The van der Waals surface area contributed by atoms with Gasteiger partial charge in [-0.15, -0.1) is 0 Å². The van der Waals surface area contributed by atoms with Gasteiger partial charge in [-0.25, -0.2) is 4.39 Å². The summed E-state index contributed by atoms with van der Waals surface area (Å²) >= 11 is 0. The van der Waals surface area contributed by atoms with Crippen LogP contribution in [-0.4, -0.2) is 42.3 Å². The number of hydrogen-bond acceptors (Lipinski definition) is 6. The molecule has 1 atom stereocenters. The molecule has 168 valence electrons. The number of aryl methyl sites for hydroxylation is 1. The molecule has 0 bridgehead atoms. The van der Waals surface area contributed by atoms with Gasteiger partial charge in [0, 0.05) is 37.5 Å². The number of anilines is 1. The molecule has 1 aliphatic heterocycles. The van der Waals surface area contributed by atoms with Crippen molar-refractivity contribution in [2.45, 2.75) is 38.1 Å². The molecule has 7 nitrogen and oxygen atoms in total. The molecule has 1 saturated heterocycles. The minimum atomic E-state index is -0.313. The Labute approximate surface area is 186 Å². The summed E-state index contributed by atoms with van der Waals surface area (Å²) in [5, 5.41) is 7.09. The Morgan fingerprint density at radius 1 is 1.25 bits per heavy atom. The highest BCUT2D eigenvalue weighted by Crippen LogP contribution is 2.30. The van der Waals surface area contributed by atoms with Crippen LogP contribution in [0.1, 0.15) is 31.6 Å². The maximum Gasteiger partial charge on any atom is 0.226 e. The zero-order valence-electron chi connectivity index (χ0n) is 18.1. The van der Waals surface area contributed by atoms with E-state index in [1.54, 1.807) is 19.2 Å². The number of rotatable bonds is 8. The van der Waals surface area contributed by atoms with Crippen LogP contribution in [0.5, 0.6) is 5.75 Å². The molecule has 0 aliphatic carbocycles. The number of amides is 1. The highest BCUT2D eigenvalue weighted by atomic mass is 19.1. The third-order valence-corrected chi connectivity index (χ3v) is 5.58. The van der Waals surface area contributed by atoms with Crippen molar-refractivity contribution in [3.63, 3.8) is 0 Å². The summed E-state index contributed by atoms with van der Waals surface area (Å²) in [6, 6.07) is 14.0. The SMILES string of the molecule is COc1ccccc1N1CCCC(NC(=O)CCCc2nc(-c3ccc(F)cc3)no2)C1. The van der Waals surface area contributed by atoms with Gasteiger partial charge < -0.3 is 19.5 Å². The number of aromatic nitrogens is 2. The van der Waals surface area contributed by atoms with Crippen molar-refractivity contribution in [3.05, 3.63) is 60.2 Å². The molecular formula is C24H27FN4O3. The molecule has 0 saturated carbocycles. The van der Waals surface area contributed by atoms with E-state index in [0.29, 0.717) is 36.5 Å². The minimum absolute atomic E-state index is 0.0233. The van der Waals surface area contributed by atoms with E-state index in [-0.39, 0.29) is 17.8 Å². The Bertz CT molecular complexity index is 1040. The number of ether oxygens (including phenoxy) is 1. The van der Waals surface area contributed by atoms with Gasteiger partial charge in [-0.1, -0.05) is 17.3 Å². The lowest BCUT2D eigenvalue weighted by atomic mass is 10.0. The quantitative estimate of drug-likeness (QED) is 0.573. The molecule has 0 radical (unpaired) electrons. The third-order valence-electron chi connectivity index (χ3n) is 5.58. The van der Waals surface area contributed by atoms with Crippen LogP contribution in [0.3, 0.4) is 0 Å². The fraction of sp³-hybridized carbons (Fsp3) is 0.375. The van der Waals surface area contributed by atoms with Crippen LogP contribution in [0, 0.1) is 5.82 Å². The number of halogens is 1. The van der Waals surface area contributed by atoms with Crippen LogP contribution in [0.4, 0.5) is 10.1 Å². The Hall–Kier alpha value is -3.42. The highest BCUT2D eigenvalue weighted by molar-refractivity contribution is 5.76. The Kier molecular flexibility index (Phi) is 6.99. The number of nitrogens with zero attached hydrogens (tertiary/aromatic N) is 3. The predicted octanol–water partition coefficient (Wildman–Crippen LogP) is 3.99. The van der Waals surface area contributed by atoms with Gasteiger partial charge in [-0.2, -0.15) is 4.98 Å². The first-order chi connectivity index (χ1) is 15.6. The monoisotopic (exact) mass is 438 g/mol. The fourth-order valence-electron chi connectivity index (χ4n) is 3.98.